The summed E-state index contributed by atoms with van der Waals surface area (Å²) >= 11 is 4.69. The highest BCUT2D eigenvalue weighted by Gasteiger charge is 2.37. The zero-order chi connectivity index (χ0) is 11.0. The number of hydrogen-bond donors (Lipinski definition) is 1. The molecule has 0 bridgehead atoms. The van der Waals surface area contributed by atoms with Crippen LogP contribution in [0.3, 0.4) is 0 Å². The molecule has 14 heavy (non-hydrogen) atoms. The molecule has 0 radical (unpaired) electrons. The largest absolute Gasteiger partial charge is 0.400 e. The molecule has 4 nitrogen and oxygen atoms in total. The average Bonchev–Trinajstić information content (AvgIpc) is 2.51. The molecular weight excluding hydrogens is 216 g/mol. The molecule has 1 unspecified atom stereocenters. The smallest absolute Gasteiger partial charge is 0.331 e. The Morgan fingerprint density at radius 3 is 2.50 bits per heavy atom. The van der Waals surface area contributed by atoms with Crippen molar-refractivity contribution in [2.75, 3.05) is 0 Å². The lowest BCUT2D eigenvalue weighted by atomic mass is 10.0. The van der Waals surface area contributed by atoms with Crippen molar-refractivity contribution < 1.29 is 13.3 Å². The molecule has 0 aliphatic heterocycles. The minimum absolute atomic E-state index is 0.0234. The minimum Gasteiger partial charge on any atom is -0.331 e. The Bertz CT molecular complexity index is 321. The summed E-state index contributed by atoms with van der Waals surface area (Å²) in [4.78, 5) is 3.44. The Hall–Kier alpha value is -0.750. The number of nitrogens with two attached hydrogens (primary N) is 1. The van der Waals surface area contributed by atoms with E-state index in [-0.39, 0.29) is 5.82 Å². The second-order valence-corrected chi connectivity index (χ2v) is 3.67. The van der Waals surface area contributed by atoms with E-state index in [1.54, 1.807) is 13.8 Å². The van der Waals surface area contributed by atoms with Gasteiger partial charge in [-0.15, -0.1) is 0 Å². The molecule has 0 fully saturated rings. The molecule has 0 saturated carbocycles. The Balaban J connectivity index is 3.00. The Kier molecular flexibility index (Phi) is 2.78. The SMILES string of the molecule is CCC(C)(N)c1noc(C(F)(F)Cl)n1. The maximum atomic E-state index is 12.5. The van der Waals surface area contributed by atoms with Crippen LogP contribution in [0, 0.1) is 0 Å². The van der Waals surface area contributed by atoms with Crippen LogP contribution >= 0.6 is 11.6 Å². The predicted octanol–water partition coefficient (Wildman–Crippen LogP) is 1.94. The Labute approximate surface area is 84.4 Å². The van der Waals surface area contributed by atoms with Crippen LogP contribution in [0.1, 0.15) is 32.0 Å². The van der Waals surface area contributed by atoms with E-state index in [4.69, 9.17) is 17.3 Å². The van der Waals surface area contributed by atoms with Crippen molar-refractivity contribution in [2.45, 2.75) is 31.2 Å². The average molecular weight is 226 g/mol. The molecule has 2 N–H and O–H groups in total. The minimum atomic E-state index is -3.64. The third-order valence-corrected chi connectivity index (χ3v) is 2.08. The van der Waals surface area contributed by atoms with Gasteiger partial charge in [-0.2, -0.15) is 13.8 Å². The van der Waals surface area contributed by atoms with Crippen molar-refractivity contribution in [3.8, 4) is 0 Å². The fourth-order valence-corrected chi connectivity index (χ4v) is 0.805. The molecule has 1 heterocycles. The molecule has 0 aromatic carbocycles. The molecule has 0 aliphatic carbocycles. The summed E-state index contributed by atoms with van der Waals surface area (Å²) in [6.07, 6.45) is 0.500. The van der Waals surface area contributed by atoms with Gasteiger partial charge in [0.05, 0.1) is 5.54 Å². The summed E-state index contributed by atoms with van der Waals surface area (Å²) in [6.45, 7) is 3.41. The van der Waals surface area contributed by atoms with E-state index < -0.39 is 16.8 Å². The zero-order valence-corrected chi connectivity index (χ0v) is 8.48. The first-order chi connectivity index (χ1) is 6.27. The molecule has 80 valence electrons. The van der Waals surface area contributed by atoms with Gasteiger partial charge in [0.2, 0.25) is 0 Å². The molecule has 1 rings (SSSR count). The van der Waals surface area contributed by atoms with Crippen molar-refractivity contribution in [3.05, 3.63) is 11.7 Å². The molecular formula is C7H10ClF2N3O. The maximum absolute atomic E-state index is 12.5. The van der Waals surface area contributed by atoms with Gasteiger partial charge in [-0.05, 0) is 24.9 Å². The van der Waals surface area contributed by atoms with Crippen LogP contribution < -0.4 is 5.73 Å². The van der Waals surface area contributed by atoms with Crippen LogP contribution in [0.4, 0.5) is 8.78 Å². The quantitative estimate of drug-likeness (QED) is 0.799. The highest BCUT2D eigenvalue weighted by atomic mass is 35.5. The fraction of sp³-hybridized carbons (Fsp3) is 0.714. The normalized spacial score (nSPS) is 16.7. The van der Waals surface area contributed by atoms with Gasteiger partial charge in [0.1, 0.15) is 0 Å². The highest BCUT2D eigenvalue weighted by Crippen LogP contribution is 2.31. The Morgan fingerprint density at radius 1 is 1.57 bits per heavy atom. The first-order valence-electron chi connectivity index (χ1n) is 3.97. The van der Waals surface area contributed by atoms with Gasteiger partial charge < -0.3 is 10.3 Å². The molecule has 1 aromatic heterocycles. The third kappa shape index (κ3) is 2.19. The first-order valence-corrected chi connectivity index (χ1v) is 4.35. The van der Waals surface area contributed by atoms with Gasteiger partial charge in [-0.3, -0.25) is 0 Å². The van der Waals surface area contributed by atoms with Crippen molar-refractivity contribution >= 4 is 11.6 Å². The van der Waals surface area contributed by atoms with Crippen LogP contribution in [0.2, 0.25) is 0 Å². The summed E-state index contributed by atoms with van der Waals surface area (Å²) in [5.74, 6) is -0.908. The predicted molar refractivity (Wildman–Crippen MR) is 45.9 cm³/mol. The summed E-state index contributed by atoms with van der Waals surface area (Å²) < 4.78 is 29.3. The molecule has 0 saturated heterocycles. The molecule has 7 heteroatoms. The van der Waals surface area contributed by atoms with Gasteiger partial charge >= 0.3 is 11.3 Å². The second-order valence-electron chi connectivity index (χ2n) is 3.19. The number of rotatable bonds is 3. The molecule has 1 aromatic rings. The lowest BCUT2D eigenvalue weighted by Gasteiger charge is -2.16. The summed E-state index contributed by atoms with van der Waals surface area (Å²) in [6, 6.07) is 0. The fourth-order valence-electron chi connectivity index (χ4n) is 0.729. The van der Waals surface area contributed by atoms with Crippen LogP contribution in [-0.4, -0.2) is 10.1 Å². The molecule has 1 atom stereocenters. The molecule has 0 aliphatic rings. The van der Waals surface area contributed by atoms with Gasteiger partial charge in [0, 0.05) is 0 Å². The van der Waals surface area contributed by atoms with Crippen LogP contribution in [0.25, 0.3) is 0 Å². The van der Waals surface area contributed by atoms with E-state index in [2.05, 4.69) is 14.7 Å². The summed E-state index contributed by atoms with van der Waals surface area (Å²) in [5.41, 5.74) is 4.84. The number of halogens is 3. The van der Waals surface area contributed by atoms with Crippen LogP contribution in [0.15, 0.2) is 4.52 Å². The van der Waals surface area contributed by atoms with Crippen LogP contribution in [0.5, 0.6) is 0 Å². The monoisotopic (exact) mass is 225 g/mol. The zero-order valence-electron chi connectivity index (χ0n) is 7.72. The van der Waals surface area contributed by atoms with Crippen molar-refractivity contribution in [1.82, 2.24) is 10.1 Å². The second kappa shape index (κ2) is 3.43. The van der Waals surface area contributed by atoms with E-state index in [0.29, 0.717) is 6.42 Å². The van der Waals surface area contributed by atoms with E-state index in [0.717, 1.165) is 0 Å². The summed E-state index contributed by atoms with van der Waals surface area (Å²) in [7, 11) is 0. The van der Waals surface area contributed by atoms with Crippen molar-refractivity contribution in [3.63, 3.8) is 0 Å². The van der Waals surface area contributed by atoms with E-state index in [9.17, 15) is 8.78 Å². The maximum Gasteiger partial charge on any atom is 0.400 e. The third-order valence-electron chi connectivity index (χ3n) is 1.91. The highest BCUT2D eigenvalue weighted by molar-refractivity contribution is 6.21. The number of aromatic nitrogens is 2. The van der Waals surface area contributed by atoms with E-state index in [1.807, 2.05) is 0 Å². The number of nitrogens with zero attached hydrogens (tertiary/aromatic N) is 2. The molecule has 0 amide bonds. The summed E-state index contributed by atoms with van der Waals surface area (Å²) in [5, 5.41) is -0.294. The number of alkyl halides is 3. The van der Waals surface area contributed by atoms with Gasteiger partial charge in [0.25, 0.3) is 0 Å². The van der Waals surface area contributed by atoms with Gasteiger partial charge in [0.15, 0.2) is 5.82 Å². The lowest BCUT2D eigenvalue weighted by molar-refractivity contribution is 0.0550. The van der Waals surface area contributed by atoms with Gasteiger partial charge in [-0.25, -0.2) is 0 Å². The van der Waals surface area contributed by atoms with Crippen molar-refractivity contribution in [2.24, 2.45) is 5.73 Å². The van der Waals surface area contributed by atoms with Crippen LogP contribution in [-0.2, 0) is 10.9 Å². The Morgan fingerprint density at radius 2 is 2.14 bits per heavy atom. The van der Waals surface area contributed by atoms with E-state index in [1.165, 1.54) is 0 Å². The first kappa shape index (κ1) is 11.3. The van der Waals surface area contributed by atoms with Crippen molar-refractivity contribution in [1.29, 1.82) is 0 Å². The topological polar surface area (TPSA) is 64.9 Å². The standard InChI is InChI=1S/C7H10ClF2N3O/c1-3-6(2,11)4-12-5(14-13-4)7(8,9)10/h3,11H2,1-2H3. The van der Waals surface area contributed by atoms with Gasteiger partial charge in [-0.1, -0.05) is 12.1 Å². The van der Waals surface area contributed by atoms with E-state index >= 15 is 0 Å². The molecule has 0 spiro atoms. The lowest BCUT2D eigenvalue weighted by Crippen LogP contribution is -2.33. The number of hydrogen-bond acceptors (Lipinski definition) is 4.